The summed E-state index contributed by atoms with van der Waals surface area (Å²) < 4.78 is 5.43. The fourth-order valence-corrected chi connectivity index (χ4v) is 1.25. The summed E-state index contributed by atoms with van der Waals surface area (Å²) in [5.41, 5.74) is 0.251. The predicted octanol–water partition coefficient (Wildman–Crippen LogP) is 3.12. The molecule has 0 atom stereocenters. The van der Waals surface area contributed by atoms with Crippen LogP contribution < -0.4 is 4.74 Å². The van der Waals surface area contributed by atoms with E-state index in [1.165, 1.54) is 6.07 Å². The van der Waals surface area contributed by atoms with Gasteiger partial charge < -0.3 is 9.84 Å². The van der Waals surface area contributed by atoms with Crippen LogP contribution >= 0.6 is 0 Å². The van der Waals surface area contributed by atoms with Crippen LogP contribution in [0.15, 0.2) is 36.4 Å². The van der Waals surface area contributed by atoms with Crippen LogP contribution in [0.25, 0.3) is 0 Å². The molecule has 0 heterocycles. The summed E-state index contributed by atoms with van der Waals surface area (Å²) in [5, 5.41) is 8.78. The zero-order valence-electron chi connectivity index (χ0n) is 9.35. The average Bonchev–Trinajstić information content (AvgIpc) is 2.29. The predicted molar refractivity (Wildman–Crippen MR) is 62.9 cm³/mol. The monoisotopic (exact) mass is 220 g/mol. The summed E-state index contributed by atoms with van der Waals surface area (Å²) in [6.45, 7) is 2.65. The molecule has 0 aliphatic rings. The van der Waals surface area contributed by atoms with Crippen LogP contribution in [0.4, 0.5) is 0 Å². The van der Waals surface area contributed by atoms with E-state index in [1.807, 2.05) is 0 Å². The molecule has 1 aromatic rings. The molecule has 1 rings (SSSR count). The highest BCUT2D eigenvalue weighted by molar-refractivity contribution is 5.87. The van der Waals surface area contributed by atoms with Gasteiger partial charge in [0.2, 0.25) is 0 Å². The molecular formula is C13H16O3. The summed E-state index contributed by atoms with van der Waals surface area (Å²) in [5.74, 6) is -0.332. The smallest absolute Gasteiger partial charge is 0.335 e. The first-order chi connectivity index (χ1) is 7.74. The number of carbonyl (C=O) groups is 1. The highest BCUT2D eigenvalue weighted by Crippen LogP contribution is 2.13. The largest absolute Gasteiger partial charge is 0.493 e. The second-order valence-corrected chi connectivity index (χ2v) is 3.35. The van der Waals surface area contributed by atoms with Gasteiger partial charge in [-0.25, -0.2) is 4.79 Å². The molecule has 1 N–H and O–H groups in total. The van der Waals surface area contributed by atoms with Crippen molar-refractivity contribution in [3.8, 4) is 5.75 Å². The van der Waals surface area contributed by atoms with E-state index < -0.39 is 5.97 Å². The Morgan fingerprint density at radius 2 is 2.25 bits per heavy atom. The first-order valence-corrected chi connectivity index (χ1v) is 5.35. The van der Waals surface area contributed by atoms with Crippen molar-refractivity contribution in [3.05, 3.63) is 42.0 Å². The van der Waals surface area contributed by atoms with Gasteiger partial charge >= 0.3 is 5.97 Å². The average molecular weight is 220 g/mol. The van der Waals surface area contributed by atoms with Crippen LogP contribution in [0.5, 0.6) is 5.75 Å². The lowest BCUT2D eigenvalue weighted by atomic mass is 10.2. The van der Waals surface area contributed by atoms with Gasteiger partial charge in [0.25, 0.3) is 0 Å². The Morgan fingerprint density at radius 1 is 1.44 bits per heavy atom. The van der Waals surface area contributed by atoms with Crippen molar-refractivity contribution < 1.29 is 14.6 Å². The van der Waals surface area contributed by atoms with Crippen LogP contribution in [0.2, 0.25) is 0 Å². The third-order valence-corrected chi connectivity index (χ3v) is 2.04. The van der Waals surface area contributed by atoms with E-state index in [0.717, 1.165) is 12.8 Å². The first-order valence-electron chi connectivity index (χ1n) is 5.35. The zero-order chi connectivity index (χ0) is 11.8. The number of aromatic carboxylic acids is 1. The molecule has 0 fully saturated rings. The fraction of sp³-hybridized carbons (Fsp3) is 0.308. The van der Waals surface area contributed by atoms with E-state index >= 15 is 0 Å². The lowest BCUT2D eigenvalue weighted by Crippen LogP contribution is -1.99. The van der Waals surface area contributed by atoms with Crippen LogP contribution in [-0.4, -0.2) is 17.7 Å². The number of allylic oxidation sites excluding steroid dienone is 1. The van der Waals surface area contributed by atoms with Gasteiger partial charge in [0.15, 0.2) is 0 Å². The van der Waals surface area contributed by atoms with Crippen molar-refractivity contribution in [2.45, 2.75) is 19.8 Å². The van der Waals surface area contributed by atoms with E-state index in [9.17, 15) is 4.79 Å². The van der Waals surface area contributed by atoms with Crippen molar-refractivity contribution in [1.82, 2.24) is 0 Å². The molecule has 0 aromatic heterocycles. The number of carboxylic acid groups (broad SMARTS) is 1. The number of rotatable bonds is 6. The third-order valence-electron chi connectivity index (χ3n) is 2.04. The van der Waals surface area contributed by atoms with Crippen molar-refractivity contribution in [3.63, 3.8) is 0 Å². The second-order valence-electron chi connectivity index (χ2n) is 3.35. The summed E-state index contributed by atoms with van der Waals surface area (Å²) in [7, 11) is 0. The van der Waals surface area contributed by atoms with E-state index in [2.05, 4.69) is 19.1 Å². The SMILES string of the molecule is CC/C=C/CCOc1cccc(C(=O)O)c1. The lowest BCUT2D eigenvalue weighted by molar-refractivity contribution is 0.0696. The number of benzene rings is 1. The van der Waals surface area contributed by atoms with E-state index in [4.69, 9.17) is 9.84 Å². The van der Waals surface area contributed by atoms with Crippen LogP contribution in [0, 0.1) is 0 Å². The molecule has 0 spiro atoms. The molecule has 0 aliphatic heterocycles. The molecule has 0 radical (unpaired) electrons. The highest BCUT2D eigenvalue weighted by Gasteiger charge is 2.02. The molecular weight excluding hydrogens is 204 g/mol. The van der Waals surface area contributed by atoms with Gasteiger partial charge in [0.1, 0.15) is 5.75 Å². The molecule has 3 heteroatoms. The summed E-state index contributed by atoms with van der Waals surface area (Å²) in [6, 6.07) is 6.52. The molecule has 0 saturated heterocycles. The number of hydrogen-bond donors (Lipinski definition) is 1. The molecule has 86 valence electrons. The Bertz CT molecular complexity index is 369. The Kier molecular flexibility index (Phi) is 5.12. The Morgan fingerprint density at radius 3 is 2.94 bits per heavy atom. The quantitative estimate of drug-likeness (QED) is 0.591. The molecule has 0 aliphatic carbocycles. The molecule has 0 unspecified atom stereocenters. The second kappa shape index (κ2) is 6.67. The van der Waals surface area contributed by atoms with E-state index in [0.29, 0.717) is 12.4 Å². The minimum Gasteiger partial charge on any atom is -0.493 e. The van der Waals surface area contributed by atoms with Gasteiger partial charge in [-0.3, -0.25) is 0 Å². The minimum atomic E-state index is -0.934. The molecule has 16 heavy (non-hydrogen) atoms. The molecule has 1 aromatic carbocycles. The van der Waals surface area contributed by atoms with Crippen LogP contribution in [-0.2, 0) is 0 Å². The summed E-state index contributed by atoms with van der Waals surface area (Å²) in [4.78, 5) is 10.7. The van der Waals surface area contributed by atoms with Crippen molar-refractivity contribution >= 4 is 5.97 Å². The maximum atomic E-state index is 10.7. The van der Waals surface area contributed by atoms with Gasteiger partial charge in [-0.1, -0.05) is 25.1 Å². The van der Waals surface area contributed by atoms with Crippen molar-refractivity contribution in [1.29, 1.82) is 0 Å². The zero-order valence-corrected chi connectivity index (χ0v) is 9.35. The fourth-order valence-electron chi connectivity index (χ4n) is 1.25. The Labute approximate surface area is 95.4 Å². The maximum absolute atomic E-state index is 10.7. The Balaban J connectivity index is 2.45. The highest BCUT2D eigenvalue weighted by atomic mass is 16.5. The number of carboxylic acids is 1. The Hall–Kier alpha value is -1.77. The van der Waals surface area contributed by atoms with Crippen LogP contribution in [0.1, 0.15) is 30.1 Å². The van der Waals surface area contributed by atoms with Gasteiger partial charge in [0, 0.05) is 0 Å². The molecule has 0 saturated carbocycles. The molecule has 0 bridgehead atoms. The third kappa shape index (κ3) is 4.17. The first kappa shape index (κ1) is 12.3. The standard InChI is InChI=1S/C13H16O3/c1-2-3-4-5-9-16-12-8-6-7-11(10-12)13(14)15/h3-4,6-8,10H,2,5,9H2,1H3,(H,14,15)/b4-3+. The topological polar surface area (TPSA) is 46.5 Å². The van der Waals surface area contributed by atoms with Crippen molar-refractivity contribution in [2.24, 2.45) is 0 Å². The minimum absolute atomic E-state index is 0.251. The van der Waals surface area contributed by atoms with Gasteiger partial charge in [0.05, 0.1) is 12.2 Å². The molecule has 3 nitrogen and oxygen atoms in total. The number of hydrogen-bond acceptors (Lipinski definition) is 2. The van der Waals surface area contributed by atoms with Gasteiger partial charge in [-0.05, 0) is 31.0 Å². The van der Waals surface area contributed by atoms with E-state index in [1.54, 1.807) is 18.2 Å². The van der Waals surface area contributed by atoms with Crippen molar-refractivity contribution in [2.75, 3.05) is 6.61 Å². The summed E-state index contributed by atoms with van der Waals surface area (Å²) in [6.07, 6.45) is 6.00. The van der Waals surface area contributed by atoms with Crippen LogP contribution in [0.3, 0.4) is 0 Å². The summed E-state index contributed by atoms with van der Waals surface area (Å²) >= 11 is 0. The van der Waals surface area contributed by atoms with Gasteiger partial charge in [-0.15, -0.1) is 0 Å². The molecule has 0 amide bonds. The normalized spacial score (nSPS) is 10.6. The van der Waals surface area contributed by atoms with Gasteiger partial charge in [-0.2, -0.15) is 0 Å². The van der Waals surface area contributed by atoms with E-state index in [-0.39, 0.29) is 5.56 Å². The number of ether oxygens (including phenoxy) is 1. The maximum Gasteiger partial charge on any atom is 0.335 e. The lowest BCUT2D eigenvalue weighted by Gasteiger charge is -2.04.